The van der Waals surface area contributed by atoms with Gasteiger partial charge in [-0.2, -0.15) is 13.2 Å². The molecular formula is C26H30F3N5O3. The van der Waals surface area contributed by atoms with Gasteiger partial charge in [-0.3, -0.25) is 14.6 Å². The van der Waals surface area contributed by atoms with Crippen LogP contribution in [0, 0.1) is 11.8 Å². The molecule has 2 fully saturated rings. The third-order valence-electron chi connectivity index (χ3n) is 7.66. The predicted molar refractivity (Wildman–Crippen MR) is 130 cm³/mol. The molecule has 0 N–H and O–H groups in total. The molecule has 3 aliphatic rings. The molecule has 4 heterocycles. The number of carbonyl (C=O) groups excluding carboxylic acids is 2. The lowest BCUT2D eigenvalue weighted by molar-refractivity contribution is -0.152. The molecule has 8 nitrogen and oxygen atoms in total. The maximum absolute atomic E-state index is 13.9. The van der Waals surface area contributed by atoms with Crippen molar-refractivity contribution in [3.63, 3.8) is 0 Å². The molecule has 3 aliphatic heterocycles. The summed E-state index contributed by atoms with van der Waals surface area (Å²) in [7, 11) is 0. The van der Waals surface area contributed by atoms with Crippen molar-refractivity contribution in [2.24, 2.45) is 11.8 Å². The number of likely N-dealkylation sites (tertiary alicyclic amines) is 1. The summed E-state index contributed by atoms with van der Waals surface area (Å²) >= 11 is 0. The third kappa shape index (κ3) is 5.08. The van der Waals surface area contributed by atoms with Crippen LogP contribution in [0.1, 0.15) is 30.9 Å². The number of rotatable bonds is 4. The minimum atomic E-state index is -4.45. The van der Waals surface area contributed by atoms with E-state index in [1.807, 2.05) is 0 Å². The molecule has 1 amide bonds. The van der Waals surface area contributed by atoms with Crippen LogP contribution >= 0.6 is 0 Å². The first kappa shape index (κ1) is 25.3. The quantitative estimate of drug-likeness (QED) is 0.577. The van der Waals surface area contributed by atoms with Crippen LogP contribution in [-0.4, -0.2) is 72.1 Å². The van der Waals surface area contributed by atoms with Gasteiger partial charge in [0.2, 0.25) is 5.91 Å². The van der Waals surface area contributed by atoms with Crippen molar-refractivity contribution in [3.8, 4) is 0 Å². The van der Waals surface area contributed by atoms with Gasteiger partial charge in [0, 0.05) is 50.8 Å². The number of benzene rings is 1. The van der Waals surface area contributed by atoms with Gasteiger partial charge in [-0.15, -0.1) is 0 Å². The number of esters is 1. The smallest absolute Gasteiger partial charge is 0.416 e. The highest BCUT2D eigenvalue weighted by Gasteiger charge is 2.45. The van der Waals surface area contributed by atoms with E-state index in [0.29, 0.717) is 63.6 Å². The topological polar surface area (TPSA) is 78.9 Å². The number of amides is 1. The van der Waals surface area contributed by atoms with E-state index in [1.54, 1.807) is 30.4 Å². The molecule has 37 heavy (non-hydrogen) atoms. The van der Waals surface area contributed by atoms with Crippen LogP contribution in [-0.2, 0) is 26.9 Å². The van der Waals surface area contributed by atoms with Gasteiger partial charge in [0.15, 0.2) is 0 Å². The van der Waals surface area contributed by atoms with E-state index in [9.17, 15) is 22.8 Å². The first-order valence-corrected chi connectivity index (χ1v) is 12.7. The number of piperazine rings is 1. The molecule has 0 spiro atoms. The van der Waals surface area contributed by atoms with E-state index in [-0.39, 0.29) is 30.3 Å². The zero-order valence-corrected chi connectivity index (χ0v) is 20.7. The lowest BCUT2D eigenvalue weighted by Crippen LogP contribution is -2.62. The molecule has 198 valence electrons. The minimum absolute atomic E-state index is 0.0821. The average molecular weight is 518 g/mol. The van der Waals surface area contributed by atoms with Gasteiger partial charge in [0.05, 0.1) is 36.2 Å². The molecule has 0 saturated carbocycles. The number of alkyl halides is 3. The van der Waals surface area contributed by atoms with Crippen molar-refractivity contribution >= 4 is 23.4 Å². The maximum Gasteiger partial charge on any atom is 0.416 e. The number of nitrogens with zero attached hydrogens (tertiary/aromatic N) is 5. The Bertz CT molecular complexity index is 1140. The molecule has 2 saturated heterocycles. The Morgan fingerprint density at radius 2 is 1.89 bits per heavy atom. The molecule has 2 aromatic rings. The minimum Gasteiger partial charge on any atom is -0.466 e. The van der Waals surface area contributed by atoms with Crippen LogP contribution in [0.3, 0.4) is 0 Å². The highest BCUT2D eigenvalue weighted by molar-refractivity contribution is 5.83. The molecule has 1 aromatic heterocycles. The third-order valence-corrected chi connectivity index (χ3v) is 7.66. The van der Waals surface area contributed by atoms with E-state index < -0.39 is 17.7 Å². The molecule has 0 bridgehead atoms. The number of ether oxygens (including phenoxy) is 1. The number of carbonyl (C=O) groups is 2. The van der Waals surface area contributed by atoms with Crippen LogP contribution in [0.15, 0.2) is 36.8 Å². The fraction of sp³-hybridized carbons (Fsp3) is 0.538. The summed E-state index contributed by atoms with van der Waals surface area (Å²) in [6.07, 6.45) is 1.71. The number of hydrogen-bond donors (Lipinski definition) is 0. The van der Waals surface area contributed by atoms with Crippen LogP contribution in [0.5, 0.6) is 0 Å². The highest BCUT2D eigenvalue weighted by Crippen LogP contribution is 2.41. The summed E-state index contributed by atoms with van der Waals surface area (Å²) < 4.78 is 45.6. The van der Waals surface area contributed by atoms with Crippen molar-refractivity contribution in [2.45, 2.75) is 38.4 Å². The Kier molecular flexibility index (Phi) is 6.96. The maximum atomic E-state index is 13.9. The van der Waals surface area contributed by atoms with Crippen molar-refractivity contribution in [1.82, 2.24) is 14.9 Å². The second-order valence-electron chi connectivity index (χ2n) is 9.77. The first-order chi connectivity index (χ1) is 17.8. The fourth-order valence-corrected chi connectivity index (χ4v) is 5.78. The summed E-state index contributed by atoms with van der Waals surface area (Å²) in [4.78, 5) is 40.5. The summed E-state index contributed by atoms with van der Waals surface area (Å²) in [6.45, 7) is 4.61. The standard InChI is InChI=1S/C26H30F3N5O3/c1-2-37-25(36)17-5-9-32(10-6-17)24(35)20-14-18-13-19(26(27,28)29)3-4-21(18)34-12-11-33(16-22(20)34)23-15-30-7-8-31-23/h3-4,7-8,13,15,17,20,22H,2,5-6,9-12,14,16H2,1H3. The second-order valence-corrected chi connectivity index (χ2v) is 9.77. The first-order valence-electron chi connectivity index (χ1n) is 12.7. The number of piperidine rings is 1. The Hall–Kier alpha value is -3.37. The van der Waals surface area contributed by atoms with Crippen LogP contribution in [0.2, 0.25) is 0 Å². The SMILES string of the molecule is CCOC(=O)C1CCN(C(=O)C2Cc3cc(C(F)(F)F)ccc3N3CCN(c4cnccn4)CC23)CC1. The molecule has 2 atom stereocenters. The molecule has 0 aliphatic carbocycles. The number of fused-ring (bicyclic) bond motifs is 3. The largest absolute Gasteiger partial charge is 0.466 e. The lowest BCUT2D eigenvalue weighted by atomic mass is 9.82. The molecule has 0 radical (unpaired) electrons. The Morgan fingerprint density at radius 1 is 1.11 bits per heavy atom. The van der Waals surface area contributed by atoms with Crippen molar-refractivity contribution in [3.05, 3.63) is 47.9 Å². The van der Waals surface area contributed by atoms with Gasteiger partial charge in [-0.1, -0.05) is 0 Å². The average Bonchev–Trinajstić information content (AvgIpc) is 2.91. The van der Waals surface area contributed by atoms with E-state index in [0.717, 1.165) is 11.8 Å². The van der Waals surface area contributed by atoms with Crippen LogP contribution < -0.4 is 9.80 Å². The van der Waals surface area contributed by atoms with E-state index in [4.69, 9.17) is 4.74 Å². The number of halogens is 3. The predicted octanol–water partition coefficient (Wildman–Crippen LogP) is 3.16. The normalized spacial score (nSPS) is 22.3. The van der Waals surface area contributed by atoms with Gasteiger partial charge in [0.1, 0.15) is 5.82 Å². The van der Waals surface area contributed by atoms with Gasteiger partial charge < -0.3 is 19.4 Å². The lowest BCUT2D eigenvalue weighted by Gasteiger charge is -2.50. The van der Waals surface area contributed by atoms with E-state index in [2.05, 4.69) is 19.8 Å². The summed E-state index contributed by atoms with van der Waals surface area (Å²) in [5.41, 5.74) is 0.588. The molecule has 2 unspecified atom stereocenters. The van der Waals surface area contributed by atoms with Gasteiger partial charge in [0.25, 0.3) is 0 Å². The Labute approximate surface area is 213 Å². The van der Waals surface area contributed by atoms with Gasteiger partial charge in [-0.05, 0) is 49.9 Å². The molecular weight excluding hydrogens is 487 g/mol. The zero-order chi connectivity index (χ0) is 26.2. The van der Waals surface area contributed by atoms with Gasteiger partial charge >= 0.3 is 12.1 Å². The van der Waals surface area contributed by atoms with Crippen molar-refractivity contribution in [2.75, 3.05) is 49.1 Å². The second kappa shape index (κ2) is 10.2. The molecule has 1 aromatic carbocycles. The van der Waals surface area contributed by atoms with E-state index in [1.165, 1.54) is 12.1 Å². The fourth-order valence-electron chi connectivity index (χ4n) is 5.78. The van der Waals surface area contributed by atoms with Crippen LogP contribution in [0.4, 0.5) is 24.7 Å². The Morgan fingerprint density at radius 3 is 2.57 bits per heavy atom. The van der Waals surface area contributed by atoms with E-state index >= 15 is 0 Å². The number of anilines is 2. The number of hydrogen-bond acceptors (Lipinski definition) is 7. The van der Waals surface area contributed by atoms with Crippen molar-refractivity contribution in [1.29, 1.82) is 0 Å². The van der Waals surface area contributed by atoms with Gasteiger partial charge in [-0.25, -0.2) is 4.98 Å². The summed E-state index contributed by atoms with van der Waals surface area (Å²) in [5, 5.41) is 0. The summed E-state index contributed by atoms with van der Waals surface area (Å²) in [6, 6.07) is 3.62. The summed E-state index contributed by atoms with van der Waals surface area (Å²) in [5.74, 6) is -0.361. The Balaban J connectivity index is 1.41. The molecule has 11 heteroatoms. The zero-order valence-electron chi connectivity index (χ0n) is 20.7. The molecule has 5 rings (SSSR count). The van der Waals surface area contributed by atoms with Crippen molar-refractivity contribution < 1.29 is 27.5 Å². The number of aromatic nitrogens is 2. The van der Waals surface area contributed by atoms with Crippen LogP contribution in [0.25, 0.3) is 0 Å². The highest BCUT2D eigenvalue weighted by atomic mass is 19.4. The monoisotopic (exact) mass is 517 g/mol.